The monoisotopic (exact) mass is 409 g/mol. The Kier molecular flexibility index (Phi) is 4.47. The first kappa shape index (κ1) is 18.2. The number of hydrogen-bond acceptors (Lipinski definition) is 4. The first-order valence-electron chi connectivity index (χ1n) is 9.98. The minimum Gasteiger partial charge on any atom is -0.459 e. The van der Waals surface area contributed by atoms with Gasteiger partial charge in [-0.15, -0.1) is 0 Å². The minimum atomic E-state index is -0.406. The van der Waals surface area contributed by atoms with Crippen LogP contribution in [0.3, 0.4) is 0 Å². The molecule has 1 spiro atoms. The highest BCUT2D eigenvalue weighted by Crippen LogP contribution is 2.62. The maximum atomic E-state index is 12.4. The van der Waals surface area contributed by atoms with Crippen molar-refractivity contribution in [3.05, 3.63) is 33.8 Å². The van der Waals surface area contributed by atoms with E-state index >= 15 is 0 Å². The Hall–Kier alpha value is -0.810. The average molecular weight is 410 g/mol. The van der Waals surface area contributed by atoms with Gasteiger partial charge in [-0.3, -0.25) is 4.84 Å². The summed E-state index contributed by atoms with van der Waals surface area (Å²) in [5.41, 5.74) is 0.521. The van der Waals surface area contributed by atoms with E-state index in [9.17, 15) is 4.79 Å². The molecule has 4 bridgehead atoms. The second kappa shape index (κ2) is 6.62. The fourth-order valence-corrected chi connectivity index (χ4v) is 7.24. The Bertz CT molecular complexity index is 720. The van der Waals surface area contributed by atoms with Crippen LogP contribution in [0.5, 0.6) is 0 Å². The van der Waals surface area contributed by atoms with E-state index in [1.54, 1.807) is 18.2 Å². The van der Waals surface area contributed by atoms with E-state index in [0.29, 0.717) is 15.6 Å². The van der Waals surface area contributed by atoms with Gasteiger partial charge in [0.05, 0.1) is 11.1 Å². The summed E-state index contributed by atoms with van der Waals surface area (Å²) in [5, 5.41) is 2.99. The number of carbonyl (C=O) groups is 1. The van der Waals surface area contributed by atoms with Gasteiger partial charge in [-0.1, -0.05) is 23.2 Å². The molecule has 1 aromatic carbocycles. The third-order valence-corrected chi connectivity index (χ3v) is 7.94. The Morgan fingerprint density at radius 2 is 1.70 bits per heavy atom. The van der Waals surface area contributed by atoms with E-state index in [1.807, 2.05) is 0 Å². The van der Waals surface area contributed by atoms with Crippen molar-refractivity contribution in [3.63, 3.8) is 0 Å². The number of benzene rings is 1. The Balaban J connectivity index is 1.26. The van der Waals surface area contributed by atoms with E-state index in [2.05, 4.69) is 12.1 Å². The molecule has 1 atom stereocenters. The van der Waals surface area contributed by atoms with Gasteiger partial charge in [0.15, 0.2) is 0 Å². The van der Waals surface area contributed by atoms with Crippen molar-refractivity contribution in [2.24, 2.45) is 23.7 Å². The van der Waals surface area contributed by atoms with Crippen molar-refractivity contribution in [2.75, 3.05) is 13.7 Å². The number of nitrogens with zero attached hydrogens (tertiary/aromatic N) is 1. The van der Waals surface area contributed by atoms with Gasteiger partial charge in [0.1, 0.15) is 12.7 Å². The lowest BCUT2D eigenvalue weighted by Crippen LogP contribution is -2.62. The van der Waals surface area contributed by atoms with Crippen molar-refractivity contribution in [1.29, 1.82) is 0 Å². The standard InChI is InChI=1S/C21H25Cl2NO3/c1-24-21(15-3-12-2-13(5-15)6-16(21)4-12)10-19(27-24)11-26-20(25)14-7-17(22)9-18(23)8-14/h7-9,12-13,15-16,19H,2-6,10-11H2,1H3. The molecule has 6 rings (SSSR count). The van der Waals surface area contributed by atoms with Crippen LogP contribution in [-0.2, 0) is 9.57 Å². The molecule has 1 aromatic rings. The molecular formula is C21H25Cl2NO3. The van der Waals surface area contributed by atoms with Crippen LogP contribution in [0.25, 0.3) is 0 Å². The summed E-state index contributed by atoms with van der Waals surface area (Å²) in [6.07, 6.45) is 7.69. The molecule has 4 aliphatic carbocycles. The van der Waals surface area contributed by atoms with Gasteiger partial charge in [-0.2, -0.15) is 5.06 Å². The van der Waals surface area contributed by atoms with Gasteiger partial charge in [-0.25, -0.2) is 4.79 Å². The third kappa shape index (κ3) is 3.00. The van der Waals surface area contributed by atoms with Gasteiger partial charge in [0.25, 0.3) is 0 Å². The molecule has 0 aromatic heterocycles. The smallest absolute Gasteiger partial charge is 0.338 e. The van der Waals surface area contributed by atoms with Crippen molar-refractivity contribution >= 4 is 29.2 Å². The molecule has 4 nitrogen and oxygen atoms in total. The fourth-order valence-electron chi connectivity index (χ4n) is 6.71. The summed E-state index contributed by atoms with van der Waals surface area (Å²) < 4.78 is 5.55. The topological polar surface area (TPSA) is 38.8 Å². The van der Waals surface area contributed by atoms with Gasteiger partial charge in [-0.05, 0) is 74.0 Å². The Morgan fingerprint density at radius 1 is 1.11 bits per heavy atom. The summed E-state index contributed by atoms with van der Waals surface area (Å²) in [6, 6.07) is 4.76. The number of hydroxylamine groups is 2. The van der Waals surface area contributed by atoms with Crippen LogP contribution in [-0.4, -0.2) is 36.3 Å². The zero-order chi connectivity index (χ0) is 18.8. The van der Waals surface area contributed by atoms with Crippen molar-refractivity contribution in [1.82, 2.24) is 5.06 Å². The Labute approximate surface area is 170 Å². The molecule has 146 valence electrons. The molecule has 1 aliphatic heterocycles. The van der Waals surface area contributed by atoms with Crippen molar-refractivity contribution in [2.45, 2.75) is 50.2 Å². The average Bonchev–Trinajstić information content (AvgIpc) is 2.93. The number of esters is 1. The highest BCUT2D eigenvalue weighted by atomic mass is 35.5. The number of hydrogen-bond donors (Lipinski definition) is 0. The number of carbonyl (C=O) groups excluding carboxylic acids is 1. The SMILES string of the molecule is CN1OC(COC(=O)c2cc(Cl)cc(Cl)c2)CC12C1CC3CC(C1)CC2C3. The summed E-state index contributed by atoms with van der Waals surface area (Å²) in [6.45, 7) is 0.265. The van der Waals surface area contributed by atoms with Crippen LogP contribution >= 0.6 is 23.2 Å². The van der Waals surface area contributed by atoms with Crippen molar-refractivity contribution in [3.8, 4) is 0 Å². The number of ether oxygens (including phenoxy) is 1. The summed E-state index contributed by atoms with van der Waals surface area (Å²) in [7, 11) is 2.08. The van der Waals surface area contributed by atoms with Crippen LogP contribution in [0.4, 0.5) is 0 Å². The second-order valence-corrected chi connectivity index (χ2v) is 9.85. The molecule has 5 aliphatic rings. The number of rotatable bonds is 3. The van der Waals surface area contributed by atoms with E-state index in [-0.39, 0.29) is 18.2 Å². The molecule has 1 heterocycles. The molecule has 27 heavy (non-hydrogen) atoms. The predicted octanol–water partition coefficient (Wildman–Crippen LogP) is 4.98. The van der Waals surface area contributed by atoms with E-state index in [4.69, 9.17) is 32.8 Å². The molecule has 5 fully saturated rings. The van der Waals surface area contributed by atoms with Crippen LogP contribution in [0.1, 0.15) is 48.9 Å². The van der Waals surface area contributed by atoms with E-state index in [0.717, 1.165) is 30.1 Å². The zero-order valence-electron chi connectivity index (χ0n) is 15.5. The Morgan fingerprint density at radius 3 is 2.30 bits per heavy atom. The van der Waals surface area contributed by atoms with Crippen LogP contribution < -0.4 is 0 Å². The molecule has 0 N–H and O–H groups in total. The molecule has 0 amide bonds. The van der Waals surface area contributed by atoms with E-state index < -0.39 is 5.97 Å². The van der Waals surface area contributed by atoms with Gasteiger partial charge in [0, 0.05) is 23.5 Å². The minimum absolute atomic E-state index is 0.0777. The largest absolute Gasteiger partial charge is 0.459 e. The lowest BCUT2D eigenvalue weighted by atomic mass is 9.47. The van der Waals surface area contributed by atoms with Gasteiger partial charge in [0.2, 0.25) is 0 Å². The lowest BCUT2D eigenvalue weighted by Gasteiger charge is -2.61. The molecular weight excluding hydrogens is 385 g/mol. The molecule has 6 heteroatoms. The summed E-state index contributed by atoms with van der Waals surface area (Å²) in [5.74, 6) is 2.90. The first-order chi connectivity index (χ1) is 12.9. The second-order valence-electron chi connectivity index (χ2n) is 8.98. The molecule has 1 saturated heterocycles. The third-order valence-electron chi connectivity index (χ3n) is 7.50. The predicted molar refractivity (Wildman–Crippen MR) is 104 cm³/mol. The highest BCUT2D eigenvalue weighted by Gasteiger charge is 2.62. The molecule has 1 unspecified atom stereocenters. The van der Waals surface area contributed by atoms with Crippen LogP contribution in [0.2, 0.25) is 10.0 Å². The molecule has 0 radical (unpaired) electrons. The van der Waals surface area contributed by atoms with Gasteiger partial charge < -0.3 is 4.74 Å². The van der Waals surface area contributed by atoms with E-state index in [1.165, 1.54) is 32.1 Å². The summed E-state index contributed by atoms with van der Waals surface area (Å²) >= 11 is 12.0. The molecule has 4 saturated carbocycles. The highest BCUT2D eigenvalue weighted by molar-refractivity contribution is 6.35. The van der Waals surface area contributed by atoms with Crippen molar-refractivity contribution < 1.29 is 14.4 Å². The van der Waals surface area contributed by atoms with Crippen LogP contribution in [0, 0.1) is 23.7 Å². The van der Waals surface area contributed by atoms with Crippen LogP contribution in [0.15, 0.2) is 18.2 Å². The maximum Gasteiger partial charge on any atom is 0.338 e. The maximum absolute atomic E-state index is 12.4. The lowest BCUT2D eigenvalue weighted by molar-refractivity contribution is -0.230. The summed E-state index contributed by atoms with van der Waals surface area (Å²) in [4.78, 5) is 18.6. The normalized spacial score (nSPS) is 40.0. The fraction of sp³-hybridized carbons (Fsp3) is 0.667. The number of halogens is 2. The van der Waals surface area contributed by atoms with Gasteiger partial charge >= 0.3 is 5.97 Å². The first-order valence-corrected chi connectivity index (χ1v) is 10.7. The zero-order valence-corrected chi connectivity index (χ0v) is 17.0. The quantitative estimate of drug-likeness (QED) is 0.659.